The molecule has 1 aromatic carbocycles. The Morgan fingerprint density at radius 1 is 1.23 bits per heavy atom. The normalized spacial score (nSPS) is 23.3. The predicted octanol–water partition coefficient (Wildman–Crippen LogP) is 2.91. The molecular weight excluding hydrogens is 382 g/mol. The van der Waals surface area contributed by atoms with Gasteiger partial charge in [-0.1, -0.05) is 36.4 Å². The van der Waals surface area contributed by atoms with Gasteiger partial charge in [-0.05, 0) is 45.1 Å². The van der Waals surface area contributed by atoms with E-state index in [0.29, 0.717) is 12.8 Å². The van der Waals surface area contributed by atoms with Crippen LogP contribution in [0.4, 0.5) is 4.79 Å². The lowest BCUT2D eigenvalue weighted by molar-refractivity contribution is -0.135. The van der Waals surface area contributed by atoms with Gasteiger partial charge >= 0.3 is 6.09 Å². The lowest BCUT2D eigenvalue weighted by atomic mass is 9.84. The van der Waals surface area contributed by atoms with Gasteiger partial charge in [0.05, 0.1) is 0 Å². The van der Waals surface area contributed by atoms with Gasteiger partial charge in [0.1, 0.15) is 12.1 Å². The van der Waals surface area contributed by atoms with Gasteiger partial charge in [-0.25, -0.2) is 4.79 Å². The average molecular weight is 416 g/mol. The van der Waals surface area contributed by atoms with Crippen LogP contribution in [-0.4, -0.2) is 35.5 Å². The minimum atomic E-state index is -1.12. The molecule has 7 heteroatoms. The minimum absolute atomic E-state index is 0.0507. The van der Waals surface area contributed by atoms with Crippen LogP contribution in [0, 0.1) is 11.8 Å². The maximum Gasteiger partial charge on any atom is 0.407 e. The zero-order valence-corrected chi connectivity index (χ0v) is 18.3. The summed E-state index contributed by atoms with van der Waals surface area (Å²) in [6.07, 6.45) is 2.30. The van der Waals surface area contributed by atoms with E-state index in [2.05, 4.69) is 22.5 Å². The molecule has 0 radical (unpaired) electrons. The molecule has 0 spiro atoms. The van der Waals surface area contributed by atoms with Crippen LogP contribution in [0.15, 0.2) is 43.0 Å². The molecule has 3 N–H and O–H groups in total. The summed E-state index contributed by atoms with van der Waals surface area (Å²) in [6.45, 7) is 11.3. The second kappa shape index (κ2) is 9.78. The van der Waals surface area contributed by atoms with Crippen molar-refractivity contribution in [1.29, 1.82) is 0 Å². The first-order valence-electron chi connectivity index (χ1n) is 10.2. The molecule has 1 aliphatic rings. The van der Waals surface area contributed by atoms with E-state index in [4.69, 9.17) is 4.74 Å². The van der Waals surface area contributed by atoms with Crippen molar-refractivity contribution >= 4 is 17.9 Å². The number of hydrogen-bond donors (Lipinski definition) is 3. The van der Waals surface area contributed by atoms with Gasteiger partial charge in [0.25, 0.3) is 0 Å². The smallest absolute Gasteiger partial charge is 0.407 e. The number of carbonyl (C=O) groups excluding carboxylic acids is 3. The quantitative estimate of drug-likeness (QED) is 0.597. The summed E-state index contributed by atoms with van der Waals surface area (Å²) in [6, 6.07) is 9.39. The van der Waals surface area contributed by atoms with Crippen LogP contribution in [0.3, 0.4) is 0 Å². The number of nitrogens with one attached hydrogen (secondary N) is 3. The molecule has 2 rings (SSSR count). The van der Waals surface area contributed by atoms with Crippen LogP contribution in [0.1, 0.15) is 46.1 Å². The standard InChI is InChI=1S/C23H33N3O4/c1-6-17-12-19(14-24-21(29)30-15-18-10-8-7-9-11-18)23(13-17,25-16(2)27)20(28)26-22(3,4)5/h6-11,17,19H,1,12-15H2,2-5H3,(H,24,29)(H,25,27)(H,26,28). The first-order chi connectivity index (χ1) is 14.1. The number of benzene rings is 1. The fourth-order valence-electron chi connectivity index (χ4n) is 3.90. The molecular formula is C23H33N3O4. The highest BCUT2D eigenvalue weighted by Gasteiger charge is 2.53. The van der Waals surface area contributed by atoms with E-state index in [9.17, 15) is 14.4 Å². The lowest BCUT2D eigenvalue weighted by Gasteiger charge is -2.37. The van der Waals surface area contributed by atoms with Gasteiger partial charge in [-0.3, -0.25) is 9.59 Å². The summed E-state index contributed by atoms with van der Waals surface area (Å²) in [5, 5.41) is 8.63. The number of alkyl carbamates (subject to hydrolysis) is 1. The minimum Gasteiger partial charge on any atom is -0.445 e. The summed E-state index contributed by atoms with van der Waals surface area (Å²) in [7, 11) is 0. The van der Waals surface area contributed by atoms with Crippen LogP contribution in [0.5, 0.6) is 0 Å². The second-order valence-corrected chi connectivity index (χ2v) is 8.93. The Kier molecular flexibility index (Phi) is 7.65. The molecule has 1 aromatic rings. The summed E-state index contributed by atoms with van der Waals surface area (Å²) in [5.74, 6) is -0.787. The van der Waals surface area contributed by atoms with Gasteiger partial charge in [-0.2, -0.15) is 0 Å². The Hall–Kier alpha value is -2.83. The van der Waals surface area contributed by atoms with Crippen LogP contribution >= 0.6 is 0 Å². The highest BCUT2D eigenvalue weighted by molar-refractivity contribution is 5.92. The fourth-order valence-corrected chi connectivity index (χ4v) is 3.90. The summed E-state index contributed by atoms with van der Waals surface area (Å²) in [5.41, 5.74) is -0.691. The van der Waals surface area contributed by atoms with Crippen LogP contribution < -0.4 is 16.0 Å². The van der Waals surface area contributed by atoms with Gasteiger partial charge in [0.2, 0.25) is 11.8 Å². The molecule has 0 aliphatic heterocycles. The van der Waals surface area contributed by atoms with E-state index in [0.717, 1.165) is 5.56 Å². The Morgan fingerprint density at radius 3 is 2.47 bits per heavy atom. The molecule has 164 valence electrons. The van der Waals surface area contributed by atoms with Crippen LogP contribution in [0.25, 0.3) is 0 Å². The van der Waals surface area contributed by atoms with Crippen molar-refractivity contribution in [2.75, 3.05) is 6.54 Å². The second-order valence-electron chi connectivity index (χ2n) is 8.93. The van der Waals surface area contributed by atoms with Crippen molar-refractivity contribution in [2.24, 2.45) is 11.8 Å². The lowest BCUT2D eigenvalue weighted by Crippen LogP contribution is -2.64. The molecule has 0 saturated heterocycles. The van der Waals surface area contributed by atoms with E-state index in [-0.39, 0.29) is 36.8 Å². The third kappa shape index (κ3) is 6.34. The van der Waals surface area contributed by atoms with E-state index in [1.54, 1.807) is 6.08 Å². The fraction of sp³-hybridized carbons (Fsp3) is 0.522. The Bertz CT molecular complexity index is 772. The number of hydrogen-bond acceptors (Lipinski definition) is 4. The molecule has 1 fully saturated rings. The zero-order chi connectivity index (χ0) is 22.4. The van der Waals surface area contributed by atoms with E-state index < -0.39 is 17.2 Å². The number of carbonyl (C=O) groups is 3. The number of ether oxygens (including phenoxy) is 1. The first-order valence-corrected chi connectivity index (χ1v) is 10.2. The summed E-state index contributed by atoms with van der Waals surface area (Å²) in [4.78, 5) is 37.4. The number of allylic oxidation sites excluding steroid dienone is 1. The summed E-state index contributed by atoms with van der Waals surface area (Å²) < 4.78 is 5.27. The molecule has 1 saturated carbocycles. The van der Waals surface area contributed by atoms with E-state index in [1.165, 1.54) is 6.92 Å². The summed E-state index contributed by atoms with van der Waals surface area (Å²) >= 11 is 0. The molecule has 3 unspecified atom stereocenters. The van der Waals surface area contributed by atoms with Gasteiger partial charge < -0.3 is 20.7 Å². The molecule has 0 aromatic heterocycles. The topological polar surface area (TPSA) is 96.5 Å². The molecule has 30 heavy (non-hydrogen) atoms. The van der Waals surface area contributed by atoms with Crippen molar-refractivity contribution in [1.82, 2.24) is 16.0 Å². The predicted molar refractivity (Wildman–Crippen MR) is 115 cm³/mol. The molecule has 0 heterocycles. The third-order valence-corrected chi connectivity index (χ3v) is 5.20. The van der Waals surface area contributed by atoms with E-state index in [1.807, 2.05) is 51.1 Å². The van der Waals surface area contributed by atoms with Gasteiger partial charge in [0, 0.05) is 24.9 Å². The molecule has 7 nitrogen and oxygen atoms in total. The van der Waals surface area contributed by atoms with Gasteiger partial charge in [0.15, 0.2) is 0 Å². The van der Waals surface area contributed by atoms with Crippen molar-refractivity contribution in [2.45, 2.75) is 58.2 Å². The average Bonchev–Trinajstić information content (AvgIpc) is 3.02. The third-order valence-electron chi connectivity index (χ3n) is 5.20. The molecule has 3 amide bonds. The van der Waals surface area contributed by atoms with Crippen LogP contribution in [-0.2, 0) is 20.9 Å². The Morgan fingerprint density at radius 2 is 1.90 bits per heavy atom. The number of rotatable bonds is 7. The van der Waals surface area contributed by atoms with Crippen LogP contribution in [0.2, 0.25) is 0 Å². The van der Waals surface area contributed by atoms with Crippen molar-refractivity contribution in [3.05, 3.63) is 48.6 Å². The Labute approximate surface area is 178 Å². The zero-order valence-electron chi connectivity index (χ0n) is 18.3. The highest BCUT2D eigenvalue weighted by atomic mass is 16.5. The maximum atomic E-state index is 13.2. The Balaban J connectivity index is 2.10. The van der Waals surface area contributed by atoms with Crippen molar-refractivity contribution in [3.63, 3.8) is 0 Å². The monoisotopic (exact) mass is 415 g/mol. The highest BCUT2D eigenvalue weighted by Crippen LogP contribution is 2.41. The van der Waals surface area contributed by atoms with Gasteiger partial charge in [-0.15, -0.1) is 6.58 Å². The van der Waals surface area contributed by atoms with Crippen molar-refractivity contribution in [3.8, 4) is 0 Å². The molecule has 0 bridgehead atoms. The molecule has 1 aliphatic carbocycles. The molecule has 3 atom stereocenters. The first kappa shape index (κ1) is 23.4. The number of amides is 3. The largest absolute Gasteiger partial charge is 0.445 e. The SMILES string of the molecule is C=CC1CC(CNC(=O)OCc2ccccc2)C(NC(C)=O)(C(=O)NC(C)(C)C)C1. The van der Waals surface area contributed by atoms with Crippen molar-refractivity contribution < 1.29 is 19.1 Å². The van der Waals surface area contributed by atoms with E-state index >= 15 is 0 Å². The maximum absolute atomic E-state index is 13.2.